The van der Waals surface area contributed by atoms with Crippen LogP contribution in [-0.2, 0) is 17.6 Å². The molecular weight excluding hydrogens is 282 g/mol. The first-order chi connectivity index (χ1) is 9.95. The lowest BCUT2D eigenvalue weighted by molar-refractivity contribution is -0.123. The van der Waals surface area contributed by atoms with Crippen molar-refractivity contribution in [1.82, 2.24) is 10.2 Å². The van der Waals surface area contributed by atoms with Crippen LogP contribution in [0.3, 0.4) is 0 Å². The molecule has 0 atom stereocenters. The van der Waals surface area contributed by atoms with E-state index in [0.29, 0.717) is 5.13 Å². The number of nitrogens with one attached hydrogen (secondary N) is 1. The first-order valence-electron chi connectivity index (χ1n) is 7.13. The summed E-state index contributed by atoms with van der Waals surface area (Å²) in [6.45, 7) is 5.64. The first-order valence-corrected chi connectivity index (χ1v) is 7.94. The quantitative estimate of drug-likeness (QED) is 0.916. The maximum atomic E-state index is 11.9. The largest absolute Gasteiger partial charge is 0.300 e. The molecule has 4 nitrogen and oxygen atoms in total. The van der Waals surface area contributed by atoms with E-state index in [4.69, 9.17) is 0 Å². The molecule has 1 aromatic carbocycles. The molecule has 0 bridgehead atoms. The van der Waals surface area contributed by atoms with Crippen molar-refractivity contribution in [2.24, 2.45) is 5.41 Å². The van der Waals surface area contributed by atoms with E-state index in [2.05, 4.69) is 39.8 Å². The fraction of sp³-hybridized carbons (Fsp3) is 0.438. The van der Waals surface area contributed by atoms with Crippen molar-refractivity contribution in [3.8, 4) is 0 Å². The van der Waals surface area contributed by atoms with E-state index in [1.54, 1.807) is 0 Å². The van der Waals surface area contributed by atoms with Crippen LogP contribution in [0.4, 0.5) is 5.13 Å². The number of anilines is 1. The smallest absolute Gasteiger partial charge is 0.231 e. The van der Waals surface area contributed by atoms with Crippen LogP contribution in [0.5, 0.6) is 0 Å². The average molecular weight is 303 g/mol. The summed E-state index contributed by atoms with van der Waals surface area (Å²) in [6.07, 6.45) is 2.95. The Bertz CT molecular complexity index is 587. The number of benzene rings is 1. The fourth-order valence-electron chi connectivity index (χ4n) is 1.78. The molecule has 0 aliphatic rings. The Labute approximate surface area is 129 Å². The molecular formula is C16H21N3OS. The summed E-state index contributed by atoms with van der Waals surface area (Å²) >= 11 is 1.46. The number of carbonyl (C=O) groups is 1. The Kier molecular flexibility index (Phi) is 5.07. The van der Waals surface area contributed by atoms with Crippen molar-refractivity contribution in [2.45, 2.75) is 40.0 Å². The second-order valence-electron chi connectivity index (χ2n) is 6.04. The van der Waals surface area contributed by atoms with Crippen LogP contribution in [0.2, 0.25) is 0 Å². The second-order valence-corrected chi connectivity index (χ2v) is 7.11. The van der Waals surface area contributed by atoms with Crippen LogP contribution in [0.1, 0.15) is 37.8 Å². The fourth-order valence-corrected chi connectivity index (χ4v) is 2.55. The highest BCUT2D eigenvalue weighted by molar-refractivity contribution is 7.15. The van der Waals surface area contributed by atoms with Gasteiger partial charge in [-0.15, -0.1) is 10.2 Å². The maximum Gasteiger partial charge on any atom is 0.231 e. The molecule has 0 spiro atoms. The molecule has 0 unspecified atom stereocenters. The highest BCUT2D eigenvalue weighted by Gasteiger charge is 2.22. The molecule has 2 rings (SSSR count). The molecule has 0 saturated carbocycles. The zero-order chi connectivity index (χ0) is 15.3. The molecule has 2 aromatic rings. The van der Waals surface area contributed by atoms with E-state index in [-0.39, 0.29) is 5.91 Å². The van der Waals surface area contributed by atoms with Crippen molar-refractivity contribution in [1.29, 1.82) is 0 Å². The van der Waals surface area contributed by atoms with Gasteiger partial charge in [0.25, 0.3) is 0 Å². The third kappa shape index (κ3) is 4.93. The summed E-state index contributed by atoms with van der Waals surface area (Å²) in [5, 5.41) is 12.5. The number of nitrogens with zero attached hydrogens (tertiary/aromatic N) is 2. The molecule has 1 aromatic heterocycles. The number of hydrogen-bond acceptors (Lipinski definition) is 4. The molecule has 1 N–H and O–H groups in total. The SMILES string of the molecule is CC(C)(C)C(=O)Nc1nnc(CCCc2ccccc2)s1. The van der Waals surface area contributed by atoms with Crippen molar-refractivity contribution >= 4 is 22.4 Å². The summed E-state index contributed by atoms with van der Waals surface area (Å²) in [5.74, 6) is -0.0329. The molecule has 1 amide bonds. The van der Waals surface area contributed by atoms with Crippen LogP contribution < -0.4 is 5.32 Å². The monoisotopic (exact) mass is 303 g/mol. The molecule has 1 heterocycles. The summed E-state index contributed by atoms with van der Waals surface area (Å²) in [6, 6.07) is 10.4. The Morgan fingerprint density at radius 1 is 1.14 bits per heavy atom. The van der Waals surface area contributed by atoms with Crippen LogP contribution in [0.25, 0.3) is 0 Å². The highest BCUT2D eigenvalue weighted by Crippen LogP contribution is 2.21. The molecule has 0 aliphatic heterocycles. The third-order valence-corrected chi connectivity index (χ3v) is 3.97. The summed E-state index contributed by atoms with van der Waals surface area (Å²) in [4.78, 5) is 11.9. The van der Waals surface area contributed by atoms with Gasteiger partial charge in [0, 0.05) is 11.8 Å². The predicted octanol–water partition coefficient (Wildman–Crippen LogP) is 3.70. The number of hydrogen-bond donors (Lipinski definition) is 1. The zero-order valence-electron chi connectivity index (χ0n) is 12.7. The summed E-state index contributed by atoms with van der Waals surface area (Å²) in [7, 11) is 0. The number of aryl methyl sites for hydroxylation is 2. The van der Waals surface area contributed by atoms with E-state index in [9.17, 15) is 4.79 Å². The number of carbonyl (C=O) groups excluding carboxylic acids is 1. The van der Waals surface area contributed by atoms with Gasteiger partial charge in [0.2, 0.25) is 11.0 Å². The van der Waals surface area contributed by atoms with Gasteiger partial charge in [0.05, 0.1) is 0 Å². The lowest BCUT2D eigenvalue weighted by Gasteiger charge is -2.15. The van der Waals surface area contributed by atoms with Crippen LogP contribution >= 0.6 is 11.3 Å². The van der Waals surface area contributed by atoms with Crippen LogP contribution in [0.15, 0.2) is 30.3 Å². The summed E-state index contributed by atoms with van der Waals surface area (Å²) in [5.41, 5.74) is 0.919. The zero-order valence-corrected chi connectivity index (χ0v) is 13.5. The van der Waals surface area contributed by atoms with Crippen molar-refractivity contribution in [3.05, 3.63) is 40.9 Å². The van der Waals surface area contributed by atoms with Gasteiger partial charge in [-0.1, -0.05) is 62.4 Å². The van der Waals surface area contributed by atoms with Gasteiger partial charge in [-0.2, -0.15) is 0 Å². The topological polar surface area (TPSA) is 54.9 Å². The molecule has 0 radical (unpaired) electrons. The molecule has 0 fully saturated rings. The molecule has 5 heteroatoms. The predicted molar refractivity (Wildman–Crippen MR) is 86.5 cm³/mol. The van der Waals surface area contributed by atoms with Gasteiger partial charge in [0.15, 0.2) is 0 Å². The van der Waals surface area contributed by atoms with E-state index >= 15 is 0 Å². The minimum absolute atomic E-state index is 0.0329. The van der Waals surface area contributed by atoms with Gasteiger partial charge < -0.3 is 5.32 Å². The van der Waals surface area contributed by atoms with Crippen LogP contribution in [-0.4, -0.2) is 16.1 Å². The summed E-state index contributed by atoms with van der Waals surface area (Å²) < 4.78 is 0. The standard InChI is InChI=1S/C16H21N3OS/c1-16(2,3)14(20)17-15-19-18-13(21-15)11-7-10-12-8-5-4-6-9-12/h4-6,8-9H,7,10-11H2,1-3H3,(H,17,19,20). The van der Waals surface area contributed by atoms with Crippen molar-refractivity contribution < 1.29 is 4.79 Å². The number of amides is 1. The lowest BCUT2D eigenvalue weighted by Crippen LogP contribution is -2.27. The Balaban J connectivity index is 1.82. The van der Waals surface area contributed by atoms with Crippen molar-refractivity contribution in [2.75, 3.05) is 5.32 Å². The highest BCUT2D eigenvalue weighted by atomic mass is 32.1. The van der Waals surface area contributed by atoms with Gasteiger partial charge in [-0.3, -0.25) is 4.79 Å². The van der Waals surface area contributed by atoms with Gasteiger partial charge in [-0.25, -0.2) is 0 Å². The third-order valence-electron chi connectivity index (χ3n) is 3.07. The molecule has 0 saturated heterocycles. The first kappa shape index (κ1) is 15.6. The van der Waals surface area contributed by atoms with Crippen molar-refractivity contribution in [3.63, 3.8) is 0 Å². The van der Waals surface area contributed by atoms with E-state index < -0.39 is 5.41 Å². The normalized spacial score (nSPS) is 11.4. The molecule has 21 heavy (non-hydrogen) atoms. The number of rotatable bonds is 5. The van der Waals surface area contributed by atoms with Gasteiger partial charge in [-0.05, 0) is 18.4 Å². The van der Waals surface area contributed by atoms with E-state index in [1.165, 1.54) is 16.9 Å². The minimum atomic E-state index is -0.418. The average Bonchev–Trinajstić information content (AvgIpc) is 2.86. The van der Waals surface area contributed by atoms with Gasteiger partial charge >= 0.3 is 0 Å². The Hall–Kier alpha value is -1.75. The number of aromatic nitrogens is 2. The van der Waals surface area contributed by atoms with E-state index in [1.807, 2.05) is 26.8 Å². The Morgan fingerprint density at radius 3 is 2.52 bits per heavy atom. The van der Waals surface area contributed by atoms with E-state index in [0.717, 1.165) is 24.3 Å². The minimum Gasteiger partial charge on any atom is -0.300 e. The molecule has 112 valence electrons. The Morgan fingerprint density at radius 2 is 1.86 bits per heavy atom. The van der Waals surface area contributed by atoms with Crippen LogP contribution in [0, 0.1) is 5.41 Å². The lowest BCUT2D eigenvalue weighted by atomic mass is 9.96. The molecule has 0 aliphatic carbocycles. The second kappa shape index (κ2) is 6.80. The maximum absolute atomic E-state index is 11.9. The van der Waals surface area contributed by atoms with Gasteiger partial charge in [0.1, 0.15) is 5.01 Å².